The van der Waals surface area contributed by atoms with E-state index in [4.69, 9.17) is 0 Å². The number of amides is 1. The van der Waals surface area contributed by atoms with Crippen molar-refractivity contribution in [2.45, 2.75) is 32.0 Å². The van der Waals surface area contributed by atoms with Crippen LogP contribution in [-0.2, 0) is 5.72 Å². The van der Waals surface area contributed by atoms with Gasteiger partial charge in [-0.1, -0.05) is 62.4 Å². The molecule has 1 atom stereocenters. The van der Waals surface area contributed by atoms with Gasteiger partial charge in [0, 0.05) is 29.3 Å². The number of rotatable bonds is 6. The third-order valence-corrected chi connectivity index (χ3v) is 4.46. The third-order valence-electron chi connectivity index (χ3n) is 4.46. The molecule has 1 aliphatic rings. The Morgan fingerprint density at radius 2 is 1.75 bits per heavy atom. The molecule has 0 saturated carbocycles. The lowest BCUT2D eigenvalue weighted by Crippen LogP contribution is -2.45. The molecule has 126 valence electrons. The molecule has 4 nitrogen and oxygen atoms in total. The summed E-state index contributed by atoms with van der Waals surface area (Å²) < 4.78 is 0. The molecule has 4 heteroatoms. The number of fused-ring (bicyclic) bond motifs is 1. The quantitative estimate of drug-likeness (QED) is 0.803. The lowest BCUT2D eigenvalue weighted by atomic mass is 9.94. The first-order valence-electron chi connectivity index (χ1n) is 8.48. The highest BCUT2D eigenvalue weighted by atomic mass is 16.3. The maximum absolute atomic E-state index is 12.9. The highest BCUT2D eigenvalue weighted by molar-refractivity contribution is 6.00. The molecule has 0 aromatic heterocycles. The summed E-state index contributed by atoms with van der Waals surface area (Å²) in [5.74, 6) is -0.110. The fourth-order valence-electron chi connectivity index (χ4n) is 3.28. The van der Waals surface area contributed by atoms with Gasteiger partial charge >= 0.3 is 0 Å². The van der Waals surface area contributed by atoms with Gasteiger partial charge in [0.15, 0.2) is 5.72 Å². The molecule has 1 aliphatic heterocycles. The normalized spacial score (nSPS) is 19.8. The molecule has 0 bridgehead atoms. The van der Waals surface area contributed by atoms with Crippen LogP contribution in [0.5, 0.6) is 0 Å². The van der Waals surface area contributed by atoms with Gasteiger partial charge in [-0.25, -0.2) is 0 Å². The number of hydrogen-bond acceptors (Lipinski definition) is 3. The van der Waals surface area contributed by atoms with Crippen molar-refractivity contribution in [2.24, 2.45) is 0 Å². The number of aliphatic hydroxyl groups is 1. The van der Waals surface area contributed by atoms with Crippen molar-refractivity contribution in [3.8, 4) is 0 Å². The highest BCUT2D eigenvalue weighted by Crippen LogP contribution is 2.41. The molecule has 0 spiro atoms. The van der Waals surface area contributed by atoms with E-state index in [1.54, 1.807) is 11.0 Å². The van der Waals surface area contributed by atoms with Crippen LogP contribution in [0.15, 0.2) is 54.6 Å². The van der Waals surface area contributed by atoms with Gasteiger partial charge in [-0.3, -0.25) is 4.79 Å². The molecule has 0 aliphatic carbocycles. The Morgan fingerprint density at radius 3 is 2.46 bits per heavy atom. The summed E-state index contributed by atoms with van der Waals surface area (Å²) >= 11 is 0. The second-order valence-electron chi connectivity index (χ2n) is 6.50. The van der Waals surface area contributed by atoms with E-state index in [2.05, 4.69) is 19.2 Å². The molecular formula is C20H24N2O2. The molecule has 1 heterocycles. The lowest BCUT2D eigenvalue weighted by molar-refractivity contribution is -0.0502. The molecule has 1 unspecified atom stereocenters. The zero-order chi connectivity index (χ0) is 17.2. The number of hydrogen-bond donors (Lipinski definition) is 2. The molecule has 2 N–H and O–H groups in total. The Bertz CT molecular complexity index is 715. The summed E-state index contributed by atoms with van der Waals surface area (Å²) in [6, 6.07) is 17.2. The van der Waals surface area contributed by atoms with E-state index in [1.165, 1.54) is 0 Å². The Morgan fingerprint density at radius 1 is 1.08 bits per heavy atom. The fourth-order valence-corrected chi connectivity index (χ4v) is 3.28. The number of nitrogens with zero attached hydrogens (tertiary/aromatic N) is 1. The summed E-state index contributed by atoms with van der Waals surface area (Å²) in [6.07, 6.45) is 0.785. The monoisotopic (exact) mass is 324 g/mol. The van der Waals surface area contributed by atoms with Gasteiger partial charge in [0.25, 0.3) is 5.91 Å². The van der Waals surface area contributed by atoms with E-state index >= 15 is 0 Å². The standard InChI is InChI=1S/C20H24N2O2/c1-15(2)21-13-8-14-22-19(23)17-11-6-7-12-18(17)20(22,24)16-9-4-3-5-10-16/h3-7,9-12,15,21,24H,8,13-14H2,1-2H3. The van der Waals surface area contributed by atoms with Gasteiger partial charge in [0.2, 0.25) is 0 Å². The van der Waals surface area contributed by atoms with Gasteiger partial charge in [0.1, 0.15) is 0 Å². The van der Waals surface area contributed by atoms with Crippen molar-refractivity contribution in [3.05, 3.63) is 71.3 Å². The van der Waals surface area contributed by atoms with Crippen molar-refractivity contribution < 1.29 is 9.90 Å². The zero-order valence-electron chi connectivity index (χ0n) is 14.2. The number of nitrogens with one attached hydrogen (secondary N) is 1. The van der Waals surface area contributed by atoms with E-state index < -0.39 is 5.72 Å². The number of benzene rings is 2. The van der Waals surface area contributed by atoms with Crippen LogP contribution in [0.4, 0.5) is 0 Å². The first-order chi connectivity index (χ1) is 11.5. The number of carbonyl (C=O) groups is 1. The Balaban J connectivity index is 1.93. The second-order valence-corrected chi connectivity index (χ2v) is 6.50. The van der Waals surface area contributed by atoms with Crippen LogP contribution < -0.4 is 5.32 Å². The van der Waals surface area contributed by atoms with Crippen LogP contribution in [0.2, 0.25) is 0 Å². The average Bonchev–Trinajstić information content (AvgIpc) is 2.82. The van der Waals surface area contributed by atoms with E-state index in [-0.39, 0.29) is 5.91 Å². The lowest BCUT2D eigenvalue weighted by Gasteiger charge is -2.35. The van der Waals surface area contributed by atoms with Crippen molar-refractivity contribution in [3.63, 3.8) is 0 Å². The zero-order valence-corrected chi connectivity index (χ0v) is 14.2. The van der Waals surface area contributed by atoms with Crippen LogP contribution in [0, 0.1) is 0 Å². The van der Waals surface area contributed by atoms with Gasteiger partial charge in [-0.05, 0) is 19.0 Å². The smallest absolute Gasteiger partial charge is 0.257 e. The molecule has 0 fully saturated rings. The van der Waals surface area contributed by atoms with E-state index in [0.717, 1.165) is 18.5 Å². The number of carbonyl (C=O) groups excluding carboxylic acids is 1. The Labute approximate surface area is 143 Å². The molecular weight excluding hydrogens is 300 g/mol. The summed E-state index contributed by atoms with van der Waals surface area (Å²) in [5, 5.41) is 14.9. The molecule has 0 radical (unpaired) electrons. The average molecular weight is 324 g/mol. The van der Waals surface area contributed by atoms with Crippen molar-refractivity contribution in [1.82, 2.24) is 10.2 Å². The van der Waals surface area contributed by atoms with Gasteiger partial charge in [-0.2, -0.15) is 0 Å². The maximum Gasteiger partial charge on any atom is 0.257 e. The summed E-state index contributed by atoms with van der Waals surface area (Å²) in [6.45, 7) is 5.50. The van der Waals surface area contributed by atoms with Gasteiger partial charge in [-0.15, -0.1) is 0 Å². The van der Waals surface area contributed by atoms with Crippen LogP contribution in [-0.4, -0.2) is 35.0 Å². The summed E-state index contributed by atoms with van der Waals surface area (Å²) in [4.78, 5) is 14.5. The van der Waals surface area contributed by atoms with E-state index in [0.29, 0.717) is 23.7 Å². The minimum Gasteiger partial charge on any atom is -0.363 e. The van der Waals surface area contributed by atoms with Crippen molar-refractivity contribution in [2.75, 3.05) is 13.1 Å². The van der Waals surface area contributed by atoms with E-state index in [1.807, 2.05) is 48.5 Å². The molecule has 2 aromatic rings. The first kappa shape index (κ1) is 16.7. The Kier molecular flexibility index (Phi) is 4.69. The van der Waals surface area contributed by atoms with Crippen molar-refractivity contribution in [1.29, 1.82) is 0 Å². The largest absolute Gasteiger partial charge is 0.363 e. The molecule has 3 rings (SSSR count). The third kappa shape index (κ3) is 2.83. The minimum atomic E-state index is -1.40. The first-order valence-corrected chi connectivity index (χ1v) is 8.48. The SMILES string of the molecule is CC(C)NCCCN1C(=O)c2ccccc2C1(O)c1ccccc1. The summed E-state index contributed by atoms with van der Waals surface area (Å²) in [5.41, 5.74) is 0.575. The van der Waals surface area contributed by atoms with E-state index in [9.17, 15) is 9.90 Å². The van der Waals surface area contributed by atoms with Crippen LogP contribution in [0.1, 0.15) is 41.8 Å². The summed E-state index contributed by atoms with van der Waals surface area (Å²) in [7, 11) is 0. The molecule has 1 amide bonds. The van der Waals surface area contributed by atoms with Crippen LogP contribution >= 0.6 is 0 Å². The van der Waals surface area contributed by atoms with Crippen molar-refractivity contribution >= 4 is 5.91 Å². The van der Waals surface area contributed by atoms with Crippen LogP contribution in [0.25, 0.3) is 0 Å². The molecule has 24 heavy (non-hydrogen) atoms. The van der Waals surface area contributed by atoms with Crippen LogP contribution in [0.3, 0.4) is 0 Å². The highest BCUT2D eigenvalue weighted by Gasteiger charge is 2.49. The maximum atomic E-state index is 12.9. The second kappa shape index (κ2) is 6.75. The van der Waals surface area contributed by atoms with Gasteiger partial charge < -0.3 is 15.3 Å². The predicted octanol–water partition coefficient (Wildman–Crippen LogP) is 2.72. The topological polar surface area (TPSA) is 52.6 Å². The fraction of sp³-hybridized carbons (Fsp3) is 0.350. The Hall–Kier alpha value is -2.17. The minimum absolute atomic E-state index is 0.110. The predicted molar refractivity (Wildman–Crippen MR) is 94.7 cm³/mol. The van der Waals surface area contributed by atoms with Gasteiger partial charge in [0.05, 0.1) is 0 Å². The molecule has 2 aromatic carbocycles. The molecule has 0 saturated heterocycles.